The lowest BCUT2D eigenvalue weighted by Crippen LogP contribution is -2.21. The SMILES string of the molecule is C=CN=CN(N)C=C.CC. The Bertz CT molecular complexity index is 107. The molecule has 0 bridgehead atoms. The minimum atomic E-state index is 1.24. The maximum absolute atomic E-state index is 5.18. The average Bonchev–Trinajstić information content (AvgIpc) is 2.04. The molecule has 0 aliphatic rings. The molecule has 0 radical (unpaired) electrons. The first kappa shape index (κ1) is 11.7. The zero-order chi connectivity index (χ0) is 8.41. The van der Waals surface area contributed by atoms with Crippen molar-refractivity contribution in [2.75, 3.05) is 0 Å². The third kappa shape index (κ3) is 10.0. The number of nitrogens with two attached hydrogens (primary N) is 1. The summed E-state index contributed by atoms with van der Waals surface area (Å²) in [6.45, 7) is 10.7. The van der Waals surface area contributed by atoms with Crippen molar-refractivity contribution in [1.82, 2.24) is 5.01 Å². The maximum atomic E-state index is 5.18. The van der Waals surface area contributed by atoms with Gasteiger partial charge in [0.15, 0.2) is 0 Å². The van der Waals surface area contributed by atoms with Crippen molar-refractivity contribution in [1.29, 1.82) is 0 Å². The van der Waals surface area contributed by atoms with Crippen LogP contribution in [-0.4, -0.2) is 11.3 Å². The molecule has 0 spiro atoms. The monoisotopic (exact) mass is 141 g/mol. The lowest BCUT2D eigenvalue weighted by molar-refractivity contribution is 0.617. The van der Waals surface area contributed by atoms with Crippen LogP contribution in [0.15, 0.2) is 30.6 Å². The minimum absolute atomic E-state index is 1.24. The number of hydrogen-bond donors (Lipinski definition) is 1. The van der Waals surface area contributed by atoms with E-state index in [2.05, 4.69) is 18.2 Å². The number of hydrazine groups is 1. The van der Waals surface area contributed by atoms with Gasteiger partial charge >= 0.3 is 0 Å². The summed E-state index contributed by atoms with van der Waals surface area (Å²) in [6.07, 6.45) is 4.23. The predicted molar refractivity (Wildman–Crippen MR) is 46.3 cm³/mol. The highest BCUT2D eigenvalue weighted by Crippen LogP contribution is 1.69. The van der Waals surface area contributed by atoms with Crippen LogP contribution in [0.25, 0.3) is 0 Å². The summed E-state index contributed by atoms with van der Waals surface area (Å²) in [6, 6.07) is 0. The zero-order valence-corrected chi connectivity index (χ0v) is 6.62. The number of hydrogen-bond acceptors (Lipinski definition) is 2. The van der Waals surface area contributed by atoms with Gasteiger partial charge in [-0.05, 0) is 0 Å². The fourth-order valence-corrected chi connectivity index (χ4v) is 0.171. The summed E-state index contributed by atoms with van der Waals surface area (Å²) in [7, 11) is 0. The average molecular weight is 141 g/mol. The van der Waals surface area contributed by atoms with Gasteiger partial charge in [-0.3, -0.25) is 5.01 Å². The van der Waals surface area contributed by atoms with E-state index in [0.29, 0.717) is 0 Å². The first-order valence-corrected chi connectivity index (χ1v) is 3.11. The standard InChI is InChI=1S/C5H9N3.C2H6/c1-3-7-5-8(6)4-2;1-2/h3-5H,1-2,6H2;1-2H3. The number of rotatable bonds is 3. The van der Waals surface area contributed by atoms with Crippen molar-refractivity contribution in [3.63, 3.8) is 0 Å². The van der Waals surface area contributed by atoms with Crippen LogP contribution in [0.4, 0.5) is 0 Å². The van der Waals surface area contributed by atoms with E-state index in [1.54, 1.807) is 0 Å². The summed E-state index contributed by atoms with van der Waals surface area (Å²) < 4.78 is 0. The summed E-state index contributed by atoms with van der Waals surface area (Å²) in [5, 5.41) is 1.24. The van der Waals surface area contributed by atoms with Gasteiger partial charge in [0.1, 0.15) is 6.34 Å². The van der Waals surface area contributed by atoms with Crippen LogP contribution in [0.3, 0.4) is 0 Å². The molecule has 0 aliphatic heterocycles. The van der Waals surface area contributed by atoms with Gasteiger partial charge in [0.05, 0.1) is 0 Å². The molecule has 2 N–H and O–H groups in total. The molecule has 0 aromatic heterocycles. The topological polar surface area (TPSA) is 41.6 Å². The van der Waals surface area contributed by atoms with Crippen molar-refractivity contribution in [2.24, 2.45) is 10.8 Å². The second kappa shape index (κ2) is 10.8. The second-order valence-electron chi connectivity index (χ2n) is 1.08. The molecule has 0 rings (SSSR count). The Kier molecular flexibility index (Phi) is 12.6. The lowest BCUT2D eigenvalue weighted by Gasteiger charge is -2.00. The molecule has 0 saturated heterocycles. The number of aliphatic imine (C=N–C) groups is 1. The van der Waals surface area contributed by atoms with Gasteiger partial charge in [-0.2, -0.15) is 0 Å². The Morgan fingerprint density at radius 1 is 1.40 bits per heavy atom. The van der Waals surface area contributed by atoms with E-state index in [1.807, 2.05) is 13.8 Å². The Labute approximate surface area is 62.5 Å². The fourth-order valence-electron chi connectivity index (χ4n) is 0.171. The Morgan fingerprint density at radius 3 is 2.20 bits per heavy atom. The van der Waals surface area contributed by atoms with E-state index in [1.165, 1.54) is 23.7 Å². The molecule has 0 amide bonds. The van der Waals surface area contributed by atoms with Crippen molar-refractivity contribution in [3.8, 4) is 0 Å². The molecule has 3 heteroatoms. The molecule has 0 atom stereocenters. The van der Waals surface area contributed by atoms with Crippen molar-refractivity contribution in [3.05, 3.63) is 25.6 Å². The largest absolute Gasteiger partial charge is 0.277 e. The smallest absolute Gasteiger partial charge is 0.109 e. The van der Waals surface area contributed by atoms with E-state index in [0.717, 1.165) is 0 Å². The van der Waals surface area contributed by atoms with Crippen molar-refractivity contribution in [2.45, 2.75) is 13.8 Å². The van der Waals surface area contributed by atoms with Gasteiger partial charge in [-0.25, -0.2) is 10.8 Å². The van der Waals surface area contributed by atoms with Gasteiger partial charge < -0.3 is 0 Å². The zero-order valence-electron chi connectivity index (χ0n) is 6.62. The second-order valence-corrected chi connectivity index (χ2v) is 1.08. The van der Waals surface area contributed by atoms with E-state index in [-0.39, 0.29) is 0 Å². The summed E-state index contributed by atoms with van der Waals surface area (Å²) >= 11 is 0. The van der Waals surface area contributed by atoms with Crippen LogP contribution in [0.5, 0.6) is 0 Å². The highest BCUT2D eigenvalue weighted by atomic mass is 15.4. The highest BCUT2D eigenvalue weighted by molar-refractivity contribution is 5.55. The third-order valence-corrected chi connectivity index (χ3v) is 0.516. The molecule has 0 aromatic carbocycles. The van der Waals surface area contributed by atoms with E-state index < -0.39 is 0 Å². The molecule has 0 unspecified atom stereocenters. The van der Waals surface area contributed by atoms with Crippen LogP contribution >= 0.6 is 0 Å². The molecule has 0 aromatic rings. The summed E-state index contributed by atoms with van der Waals surface area (Å²) in [4.78, 5) is 3.61. The van der Waals surface area contributed by atoms with Crippen LogP contribution in [0, 0.1) is 0 Å². The van der Waals surface area contributed by atoms with Gasteiger partial charge in [0.25, 0.3) is 0 Å². The van der Waals surface area contributed by atoms with Gasteiger partial charge in [0.2, 0.25) is 0 Å². The normalized spacial score (nSPS) is 7.90. The fraction of sp³-hybridized carbons (Fsp3) is 0.286. The quantitative estimate of drug-likeness (QED) is 0.280. The minimum Gasteiger partial charge on any atom is -0.277 e. The molecule has 0 heterocycles. The third-order valence-electron chi connectivity index (χ3n) is 0.516. The van der Waals surface area contributed by atoms with E-state index >= 15 is 0 Å². The van der Waals surface area contributed by atoms with Gasteiger partial charge in [0, 0.05) is 12.4 Å². The van der Waals surface area contributed by atoms with Gasteiger partial charge in [-0.1, -0.05) is 27.0 Å². The molecule has 58 valence electrons. The van der Waals surface area contributed by atoms with E-state index in [4.69, 9.17) is 5.84 Å². The first-order chi connectivity index (χ1) is 4.81. The maximum Gasteiger partial charge on any atom is 0.109 e. The lowest BCUT2D eigenvalue weighted by atomic mass is 10.9. The molecular weight excluding hydrogens is 126 g/mol. The molecule has 0 fully saturated rings. The predicted octanol–water partition coefficient (Wildman–Crippen LogP) is 1.50. The van der Waals surface area contributed by atoms with Crippen LogP contribution in [0.2, 0.25) is 0 Å². The van der Waals surface area contributed by atoms with Crippen LogP contribution < -0.4 is 5.84 Å². The molecule has 0 saturated carbocycles. The van der Waals surface area contributed by atoms with E-state index in [9.17, 15) is 0 Å². The Morgan fingerprint density at radius 2 is 1.90 bits per heavy atom. The Balaban J connectivity index is 0. The summed E-state index contributed by atoms with van der Waals surface area (Å²) in [5.41, 5.74) is 0. The molecular formula is C7H15N3. The highest BCUT2D eigenvalue weighted by Gasteiger charge is 1.74. The summed E-state index contributed by atoms with van der Waals surface area (Å²) in [5.74, 6) is 5.18. The van der Waals surface area contributed by atoms with Crippen molar-refractivity contribution >= 4 is 6.34 Å². The van der Waals surface area contributed by atoms with Crippen LogP contribution in [-0.2, 0) is 0 Å². The molecule has 3 nitrogen and oxygen atoms in total. The van der Waals surface area contributed by atoms with Gasteiger partial charge in [-0.15, -0.1) is 0 Å². The first-order valence-electron chi connectivity index (χ1n) is 3.11. The molecule has 0 aliphatic carbocycles. The van der Waals surface area contributed by atoms with Crippen LogP contribution in [0.1, 0.15) is 13.8 Å². The number of nitrogens with zero attached hydrogens (tertiary/aromatic N) is 2. The Hall–Kier alpha value is -1.09. The molecule has 10 heavy (non-hydrogen) atoms. The van der Waals surface area contributed by atoms with Crippen molar-refractivity contribution < 1.29 is 0 Å².